The highest BCUT2D eigenvalue weighted by atomic mass is 16.2. The van der Waals surface area contributed by atoms with Gasteiger partial charge in [-0.2, -0.15) is 0 Å². The number of primary amides is 1. The van der Waals surface area contributed by atoms with Crippen molar-refractivity contribution in [3.05, 3.63) is 48.5 Å². The minimum absolute atomic E-state index is 0.00556. The van der Waals surface area contributed by atoms with Crippen molar-refractivity contribution in [3.63, 3.8) is 0 Å². The largest absolute Gasteiger partial charge is 0.369 e. The maximum absolute atomic E-state index is 13.8. The Morgan fingerprint density at radius 1 is 0.810 bits per heavy atom. The molecule has 1 saturated heterocycles. The van der Waals surface area contributed by atoms with E-state index in [1.165, 1.54) is 0 Å². The number of piperazine rings is 1. The first kappa shape index (κ1) is 27.1. The molecule has 0 radical (unpaired) electrons. The number of hydrogen-bond acceptors (Lipinski definition) is 6. The van der Waals surface area contributed by atoms with Crippen LogP contribution in [0.15, 0.2) is 48.5 Å². The van der Waals surface area contributed by atoms with Gasteiger partial charge in [-0.05, 0) is 86.3 Å². The van der Waals surface area contributed by atoms with Crippen LogP contribution in [0, 0.1) is 23.2 Å². The van der Waals surface area contributed by atoms with Crippen LogP contribution in [0.2, 0.25) is 0 Å². The van der Waals surface area contributed by atoms with Crippen molar-refractivity contribution >= 4 is 40.6 Å². The molecule has 2 aliphatic heterocycles. The van der Waals surface area contributed by atoms with E-state index >= 15 is 0 Å². The molecule has 4 saturated carbocycles. The predicted octanol–water partition coefficient (Wildman–Crippen LogP) is 2.64. The second-order valence-electron chi connectivity index (χ2n) is 13.0. The van der Waals surface area contributed by atoms with Crippen molar-refractivity contribution in [2.75, 3.05) is 60.5 Å². The predicted molar refractivity (Wildman–Crippen MR) is 163 cm³/mol. The van der Waals surface area contributed by atoms with Crippen molar-refractivity contribution in [1.82, 2.24) is 10.2 Å². The SMILES string of the molecule is NCC(=O)N1CCN(c2ccc(N3CCN(C(=O)NC4C5CC6CC4CC(C(N)=O)(C6)C5)c4ccccc43)cc2)CC1. The van der Waals surface area contributed by atoms with Gasteiger partial charge in [0, 0.05) is 62.1 Å². The number of benzene rings is 2. The fourth-order valence-electron chi connectivity index (χ4n) is 8.81. The molecule has 10 heteroatoms. The van der Waals surface area contributed by atoms with Crippen LogP contribution in [0.4, 0.5) is 27.5 Å². The second kappa shape index (κ2) is 10.5. The van der Waals surface area contributed by atoms with E-state index in [1.54, 1.807) is 0 Å². The molecule has 5 N–H and O–H groups in total. The lowest BCUT2D eigenvalue weighted by Gasteiger charge is -2.59. The molecule has 42 heavy (non-hydrogen) atoms. The average molecular weight is 572 g/mol. The summed E-state index contributed by atoms with van der Waals surface area (Å²) < 4.78 is 0. The van der Waals surface area contributed by atoms with Crippen LogP contribution in [0.5, 0.6) is 0 Å². The van der Waals surface area contributed by atoms with Gasteiger partial charge in [-0.25, -0.2) is 4.79 Å². The smallest absolute Gasteiger partial charge is 0.322 e. The summed E-state index contributed by atoms with van der Waals surface area (Å²) in [5, 5.41) is 3.42. The molecule has 2 aromatic carbocycles. The van der Waals surface area contributed by atoms with Gasteiger partial charge in [-0.1, -0.05) is 12.1 Å². The van der Waals surface area contributed by atoms with Crippen LogP contribution in [0.25, 0.3) is 0 Å². The van der Waals surface area contributed by atoms with E-state index in [2.05, 4.69) is 45.4 Å². The van der Waals surface area contributed by atoms with Gasteiger partial charge in [0.2, 0.25) is 11.8 Å². The Morgan fingerprint density at radius 3 is 2.10 bits per heavy atom. The van der Waals surface area contributed by atoms with Crippen LogP contribution < -0.4 is 31.5 Å². The first-order valence-corrected chi connectivity index (χ1v) is 15.4. The third-order valence-electron chi connectivity index (χ3n) is 10.7. The van der Waals surface area contributed by atoms with Crippen LogP contribution in [-0.2, 0) is 9.59 Å². The number of anilines is 4. The summed E-state index contributed by atoms with van der Waals surface area (Å²) in [4.78, 5) is 46.4. The van der Waals surface area contributed by atoms with Gasteiger partial charge in [0.15, 0.2) is 0 Å². The molecule has 2 unspecified atom stereocenters. The first-order valence-electron chi connectivity index (χ1n) is 15.4. The Hall–Kier alpha value is -3.79. The van der Waals surface area contributed by atoms with Crippen LogP contribution >= 0.6 is 0 Å². The number of nitrogens with two attached hydrogens (primary N) is 2. The summed E-state index contributed by atoms with van der Waals surface area (Å²) in [6, 6.07) is 16.7. The van der Waals surface area contributed by atoms with E-state index in [4.69, 9.17) is 11.5 Å². The minimum atomic E-state index is -0.358. The van der Waals surface area contributed by atoms with Crippen LogP contribution in [-0.4, -0.2) is 74.6 Å². The van der Waals surface area contributed by atoms with Crippen molar-refractivity contribution in [1.29, 1.82) is 0 Å². The molecule has 6 aliphatic rings. The zero-order valence-corrected chi connectivity index (χ0v) is 24.1. The highest BCUT2D eigenvalue weighted by Crippen LogP contribution is 2.60. The van der Waals surface area contributed by atoms with Gasteiger partial charge in [-0.15, -0.1) is 0 Å². The Bertz CT molecular complexity index is 1360. The molecule has 0 aromatic heterocycles. The molecule has 4 amide bonds. The number of para-hydroxylation sites is 2. The zero-order valence-electron chi connectivity index (χ0n) is 24.1. The van der Waals surface area contributed by atoms with E-state index in [9.17, 15) is 14.4 Å². The van der Waals surface area contributed by atoms with Crippen molar-refractivity contribution < 1.29 is 14.4 Å². The topological polar surface area (TPSA) is 128 Å². The molecule has 10 nitrogen and oxygen atoms in total. The lowest BCUT2D eigenvalue weighted by molar-refractivity contribution is -0.145. The number of nitrogens with zero attached hydrogens (tertiary/aromatic N) is 4. The van der Waals surface area contributed by atoms with Gasteiger partial charge in [0.05, 0.1) is 17.9 Å². The number of rotatable bonds is 5. The van der Waals surface area contributed by atoms with E-state index in [0.29, 0.717) is 43.9 Å². The van der Waals surface area contributed by atoms with Crippen molar-refractivity contribution in [3.8, 4) is 0 Å². The van der Waals surface area contributed by atoms with Gasteiger partial charge in [-0.3, -0.25) is 14.5 Å². The molecule has 2 atom stereocenters. The van der Waals surface area contributed by atoms with Gasteiger partial charge < -0.3 is 31.5 Å². The first-order chi connectivity index (χ1) is 20.3. The summed E-state index contributed by atoms with van der Waals surface area (Å²) >= 11 is 0. The average Bonchev–Trinajstić information content (AvgIpc) is 3.01. The van der Waals surface area contributed by atoms with Crippen LogP contribution in [0.1, 0.15) is 32.1 Å². The number of fused-ring (bicyclic) bond motifs is 1. The minimum Gasteiger partial charge on any atom is -0.369 e. The molecular formula is C32H41N7O3. The highest BCUT2D eigenvalue weighted by Gasteiger charge is 2.58. The number of hydrogen-bond donors (Lipinski definition) is 3. The maximum Gasteiger partial charge on any atom is 0.322 e. The number of carbonyl (C=O) groups is 3. The number of nitrogens with one attached hydrogen (secondary N) is 1. The number of amides is 4. The lowest BCUT2D eigenvalue weighted by atomic mass is 9.47. The summed E-state index contributed by atoms with van der Waals surface area (Å²) in [5.41, 5.74) is 15.2. The Labute approximate surface area is 247 Å². The third kappa shape index (κ3) is 4.56. The molecule has 2 heterocycles. The quantitative estimate of drug-likeness (QED) is 0.506. The van der Waals surface area contributed by atoms with E-state index in [1.807, 2.05) is 28.0 Å². The van der Waals surface area contributed by atoms with Gasteiger partial charge in [0.1, 0.15) is 0 Å². The molecule has 4 bridgehead atoms. The Morgan fingerprint density at radius 2 is 1.45 bits per heavy atom. The summed E-state index contributed by atoms with van der Waals surface area (Å²) in [7, 11) is 0. The lowest BCUT2D eigenvalue weighted by Crippen LogP contribution is -2.63. The molecule has 5 fully saturated rings. The third-order valence-corrected chi connectivity index (χ3v) is 10.7. The van der Waals surface area contributed by atoms with E-state index in [0.717, 1.165) is 67.9 Å². The van der Waals surface area contributed by atoms with Crippen LogP contribution in [0.3, 0.4) is 0 Å². The fourth-order valence-corrected chi connectivity index (χ4v) is 8.81. The molecular weight excluding hydrogens is 530 g/mol. The monoisotopic (exact) mass is 571 g/mol. The molecule has 2 aromatic rings. The standard InChI is InChI=1S/C32H41N7O3/c33-20-28(40)37-11-9-36(10-12-37)24-5-7-25(8-6-24)38-13-14-39(27-4-2-1-3-26(27)38)31(42)35-29-22-15-21-16-23(29)19-32(17-21,18-22)30(34)41/h1-8,21-23,29H,9-20,33H2,(H2,34,41)(H,35,42). The Balaban J connectivity index is 1.04. The summed E-state index contributed by atoms with van der Waals surface area (Å²) in [5.74, 6) is 1.07. The summed E-state index contributed by atoms with van der Waals surface area (Å²) in [6.07, 6.45) is 4.71. The number of carbonyl (C=O) groups excluding carboxylic acids is 3. The normalized spacial score (nSPS) is 29.8. The highest BCUT2D eigenvalue weighted by molar-refractivity contribution is 5.98. The zero-order chi connectivity index (χ0) is 29.0. The van der Waals surface area contributed by atoms with Gasteiger partial charge >= 0.3 is 6.03 Å². The maximum atomic E-state index is 13.8. The van der Waals surface area contributed by atoms with Crippen molar-refractivity contribution in [2.24, 2.45) is 34.6 Å². The molecule has 222 valence electrons. The van der Waals surface area contributed by atoms with Crippen molar-refractivity contribution in [2.45, 2.75) is 38.1 Å². The molecule has 0 spiro atoms. The number of urea groups is 1. The fraction of sp³-hybridized carbons (Fsp3) is 0.531. The molecule has 4 aliphatic carbocycles. The second-order valence-corrected chi connectivity index (χ2v) is 13.0. The Kier molecular flexibility index (Phi) is 6.76. The summed E-state index contributed by atoms with van der Waals surface area (Å²) in [6.45, 7) is 4.27. The van der Waals surface area contributed by atoms with Gasteiger partial charge in [0.25, 0.3) is 0 Å². The van der Waals surface area contributed by atoms with E-state index < -0.39 is 0 Å². The molecule has 8 rings (SSSR count). The van der Waals surface area contributed by atoms with E-state index in [-0.39, 0.29) is 35.8 Å².